The average Bonchev–Trinajstić information content (AvgIpc) is 2.61. The third-order valence-electron chi connectivity index (χ3n) is 4.04. The lowest BCUT2D eigenvalue weighted by Crippen LogP contribution is -2.30. The van der Waals surface area contributed by atoms with Crippen LogP contribution in [0.15, 0.2) is 48.7 Å². The number of likely N-dealkylation sites (N-methyl/N-ethyl adjacent to an activating group) is 1. The Labute approximate surface area is 167 Å². The first kappa shape index (κ1) is 19.4. The standard InChI is InChI=1S/C20H19Cl2N3O2/c1-25(11-14-9-16(22)8-13-4-3-7-23-20(13)14)12-19(26)24-17-10-15(21)5-6-18(17)27-2/h3-10H,11-12H2,1-2H3,(H,24,26). The number of anilines is 1. The predicted molar refractivity (Wildman–Crippen MR) is 110 cm³/mol. The number of carbonyl (C=O) groups is 1. The maximum Gasteiger partial charge on any atom is 0.238 e. The molecule has 0 atom stereocenters. The smallest absolute Gasteiger partial charge is 0.238 e. The van der Waals surface area contributed by atoms with Crippen LogP contribution in [0, 0.1) is 0 Å². The molecule has 0 aliphatic heterocycles. The van der Waals surface area contributed by atoms with Crippen LogP contribution < -0.4 is 10.1 Å². The van der Waals surface area contributed by atoms with Gasteiger partial charge in [-0.25, -0.2) is 0 Å². The second kappa shape index (κ2) is 8.57. The summed E-state index contributed by atoms with van der Waals surface area (Å²) in [6.07, 6.45) is 1.75. The molecule has 1 N–H and O–H groups in total. The quantitative estimate of drug-likeness (QED) is 0.652. The number of pyridine rings is 1. The van der Waals surface area contributed by atoms with E-state index >= 15 is 0 Å². The number of hydrogen-bond acceptors (Lipinski definition) is 4. The molecule has 0 fully saturated rings. The van der Waals surface area contributed by atoms with E-state index in [4.69, 9.17) is 27.9 Å². The van der Waals surface area contributed by atoms with Gasteiger partial charge in [-0.15, -0.1) is 0 Å². The van der Waals surface area contributed by atoms with Gasteiger partial charge in [0, 0.05) is 28.2 Å². The second-order valence-corrected chi connectivity index (χ2v) is 7.08. The largest absolute Gasteiger partial charge is 0.495 e. The summed E-state index contributed by atoms with van der Waals surface area (Å²) in [4.78, 5) is 18.8. The summed E-state index contributed by atoms with van der Waals surface area (Å²) in [7, 11) is 3.41. The van der Waals surface area contributed by atoms with E-state index < -0.39 is 0 Å². The normalized spacial score (nSPS) is 11.0. The number of fused-ring (bicyclic) bond motifs is 1. The minimum atomic E-state index is -0.169. The van der Waals surface area contributed by atoms with Crippen LogP contribution in [-0.2, 0) is 11.3 Å². The van der Waals surface area contributed by atoms with Crippen LogP contribution in [0.3, 0.4) is 0 Å². The zero-order valence-corrected chi connectivity index (χ0v) is 16.5. The molecule has 0 spiro atoms. The Bertz CT molecular complexity index is 979. The van der Waals surface area contributed by atoms with E-state index in [0.29, 0.717) is 28.0 Å². The highest BCUT2D eigenvalue weighted by molar-refractivity contribution is 6.31. The number of rotatable bonds is 6. The van der Waals surface area contributed by atoms with Crippen LogP contribution in [0.1, 0.15) is 5.56 Å². The van der Waals surface area contributed by atoms with Gasteiger partial charge in [0.1, 0.15) is 5.75 Å². The van der Waals surface area contributed by atoms with Gasteiger partial charge < -0.3 is 10.1 Å². The molecule has 7 heteroatoms. The Hall–Kier alpha value is -2.34. The molecule has 27 heavy (non-hydrogen) atoms. The predicted octanol–water partition coefficient (Wildman–Crippen LogP) is 4.62. The number of methoxy groups -OCH3 is 1. The Morgan fingerprint density at radius 1 is 1.19 bits per heavy atom. The van der Waals surface area contributed by atoms with E-state index in [9.17, 15) is 4.79 Å². The number of aromatic nitrogens is 1. The number of nitrogens with zero attached hydrogens (tertiary/aromatic N) is 2. The van der Waals surface area contributed by atoms with Crippen LogP contribution in [-0.4, -0.2) is 36.5 Å². The van der Waals surface area contributed by atoms with Crippen molar-refractivity contribution >= 4 is 45.7 Å². The van der Waals surface area contributed by atoms with Gasteiger partial charge in [-0.05, 0) is 49.0 Å². The monoisotopic (exact) mass is 403 g/mol. The molecule has 1 amide bonds. The van der Waals surface area contributed by atoms with Crippen molar-refractivity contribution in [1.29, 1.82) is 0 Å². The fourth-order valence-electron chi connectivity index (χ4n) is 2.91. The van der Waals surface area contributed by atoms with E-state index in [1.165, 1.54) is 0 Å². The number of ether oxygens (including phenoxy) is 1. The van der Waals surface area contributed by atoms with Crippen molar-refractivity contribution in [3.63, 3.8) is 0 Å². The molecule has 0 bridgehead atoms. The third-order valence-corrected chi connectivity index (χ3v) is 4.49. The molecule has 0 radical (unpaired) electrons. The first-order valence-corrected chi connectivity index (χ1v) is 9.07. The van der Waals surface area contributed by atoms with E-state index in [1.54, 1.807) is 31.5 Å². The molecule has 1 aromatic heterocycles. The molecule has 1 heterocycles. The SMILES string of the molecule is COc1ccc(Cl)cc1NC(=O)CN(C)Cc1cc(Cl)cc2cccnc12. The highest BCUT2D eigenvalue weighted by atomic mass is 35.5. The van der Waals surface area contributed by atoms with Gasteiger partial charge in [0.15, 0.2) is 0 Å². The number of nitrogens with one attached hydrogen (secondary N) is 1. The maximum atomic E-state index is 12.4. The number of carbonyl (C=O) groups excluding carboxylic acids is 1. The molecule has 3 aromatic rings. The van der Waals surface area contributed by atoms with Crippen LogP contribution in [0.25, 0.3) is 10.9 Å². The zero-order valence-electron chi connectivity index (χ0n) is 15.0. The van der Waals surface area contributed by atoms with Crippen molar-refractivity contribution in [2.75, 3.05) is 26.0 Å². The molecule has 3 rings (SSSR count). The fraction of sp³-hybridized carbons (Fsp3) is 0.200. The van der Waals surface area contributed by atoms with Crippen LogP contribution in [0.5, 0.6) is 5.75 Å². The van der Waals surface area contributed by atoms with Crippen molar-refractivity contribution < 1.29 is 9.53 Å². The number of hydrogen-bond donors (Lipinski definition) is 1. The summed E-state index contributed by atoms with van der Waals surface area (Å²) in [5, 5.41) is 4.98. The Balaban J connectivity index is 1.70. The molecule has 0 aliphatic rings. The van der Waals surface area contributed by atoms with Gasteiger partial charge in [-0.1, -0.05) is 29.3 Å². The summed E-state index contributed by atoms with van der Waals surface area (Å²) in [6.45, 7) is 0.727. The Morgan fingerprint density at radius 2 is 2.00 bits per heavy atom. The van der Waals surface area contributed by atoms with E-state index in [1.807, 2.05) is 36.2 Å². The van der Waals surface area contributed by atoms with E-state index in [-0.39, 0.29) is 12.5 Å². The van der Waals surface area contributed by atoms with Gasteiger partial charge in [0.25, 0.3) is 0 Å². The molecule has 2 aromatic carbocycles. The number of halogens is 2. The Kier molecular flexibility index (Phi) is 6.16. The van der Waals surface area contributed by atoms with E-state index in [0.717, 1.165) is 16.5 Å². The molecule has 140 valence electrons. The topological polar surface area (TPSA) is 54.5 Å². The van der Waals surface area contributed by atoms with E-state index in [2.05, 4.69) is 10.3 Å². The lowest BCUT2D eigenvalue weighted by Gasteiger charge is -2.18. The average molecular weight is 404 g/mol. The summed E-state index contributed by atoms with van der Waals surface area (Å²) in [5.74, 6) is 0.387. The first-order chi connectivity index (χ1) is 13.0. The lowest BCUT2D eigenvalue weighted by molar-refractivity contribution is -0.117. The van der Waals surface area contributed by atoms with Gasteiger partial charge in [0.05, 0.1) is 24.9 Å². The van der Waals surface area contributed by atoms with Gasteiger partial charge in [-0.2, -0.15) is 0 Å². The maximum absolute atomic E-state index is 12.4. The summed E-state index contributed by atoms with van der Waals surface area (Å²) in [5.41, 5.74) is 2.39. The van der Waals surface area contributed by atoms with Crippen LogP contribution >= 0.6 is 23.2 Å². The molecular weight excluding hydrogens is 385 g/mol. The van der Waals surface area contributed by atoms with Crippen molar-refractivity contribution in [2.45, 2.75) is 6.54 Å². The van der Waals surface area contributed by atoms with Crippen molar-refractivity contribution in [2.24, 2.45) is 0 Å². The summed E-state index contributed by atoms with van der Waals surface area (Å²) >= 11 is 12.2. The minimum Gasteiger partial charge on any atom is -0.495 e. The lowest BCUT2D eigenvalue weighted by atomic mass is 10.1. The zero-order chi connectivity index (χ0) is 19.4. The molecule has 0 unspecified atom stereocenters. The van der Waals surface area contributed by atoms with Gasteiger partial charge in [-0.3, -0.25) is 14.7 Å². The van der Waals surface area contributed by atoms with Crippen molar-refractivity contribution in [3.8, 4) is 5.75 Å². The van der Waals surface area contributed by atoms with Crippen molar-refractivity contribution in [1.82, 2.24) is 9.88 Å². The molecule has 0 saturated heterocycles. The molecule has 0 saturated carbocycles. The van der Waals surface area contributed by atoms with Gasteiger partial charge in [0.2, 0.25) is 5.91 Å². The molecular formula is C20H19Cl2N3O2. The molecule has 0 aliphatic carbocycles. The highest BCUT2D eigenvalue weighted by Gasteiger charge is 2.13. The second-order valence-electron chi connectivity index (χ2n) is 6.21. The summed E-state index contributed by atoms with van der Waals surface area (Å²) in [6, 6.07) is 12.7. The highest BCUT2D eigenvalue weighted by Crippen LogP contribution is 2.28. The third kappa shape index (κ3) is 4.89. The first-order valence-electron chi connectivity index (χ1n) is 8.31. The van der Waals surface area contributed by atoms with Gasteiger partial charge >= 0.3 is 0 Å². The minimum absolute atomic E-state index is 0.169. The van der Waals surface area contributed by atoms with Crippen LogP contribution in [0.4, 0.5) is 5.69 Å². The number of benzene rings is 2. The summed E-state index contributed by atoms with van der Waals surface area (Å²) < 4.78 is 5.25. The fourth-order valence-corrected chi connectivity index (χ4v) is 3.33. The Morgan fingerprint density at radius 3 is 2.78 bits per heavy atom. The van der Waals surface area contributed by atoms with Crippen molar-refractivity contribution in [3.05, 3.63) is 64.3 Å². The number of amides is 1. The molecule has 5 nitrogen and oxygen atoms in total. The van der Waals surface area contributed by atoms with Crippen LogP contribution in [0.2, 0.25) is 10.0 Å².